The number of rotatable bonds is 4. The van der Waals surface area contributed by atoms with Gasteiger partial charge in [-0.3, -0.25) is 0 Å². The number of carbonyl (C=O) groups is 1. The molecule has 0 aromatic rings. The molecule has 10 heavy (non-hydrogen) atoms. The first-order valence-corrected chi connectivity index (χ1v) is 3.99. The smallest absolute Gasteiger partial charge is 0.0422 e. The van der Waals surface area contributed by atoms with Gasteiger partial charge in [0.25, 0.3) is 0 Å². The van der Waals surface area contributed by atoms with E-state index in [4.69, 9.17) is 0 Å². The quantitative estimate of drug-likeness (QED) is 0.664. The van der Waals surface area contributed by atoms with Crippen LogP contribution in [-0.2, 0) is 4.79 Å². The molecular weight excluding hydrogens is 150 g/mol. The second-order valence-corrected chi connectivity index (χ2v) is 3.73. The summed E-state index contributed by atoms with van der Waals surface area (Å²) in [5, 5.41) is 10.4. The molecule has 0 aromatic carbocycles. The molecule has 0 spiro atoms. The van der Waals surface area contributed by atoms with Gasteiger partial charge in [0.05, 0.1) is 0 Å². The molecule has 0 saturated carbocycles. The van der Waals surface area contributed by atoms with Gasteiger partial charge in [0, 0.05) is 5.97 Å². The van der Waals surface area contributed by atoms with Gasteiger partial charge in [-0.25, -0.2) is 0 Å². The zero-order valence-corrected chi connectivity index (χ0v) is 7.53. The highest BCUT2D eigenvalue weighted by molar-refractivity contribution is 7.99. The molecule has 62 valence electrons. The fourth-order valence-electron chi connectivity index (χ4n) is 0.378. The van der Waals surface area contributed by atoms with Crippen LogP contribution < -0.4 is 11.3 Å². The fourth-order valence-corrected chi connectivity index (χ4v) is 1.13. The number of hydrogen-bond donors (Lipinski definition) is 1. The Kier molecular flexibility index (Phi) is 8.59. The van der Waals surface area contributed by atoms with Crippen LogP contribution >= 0.6 is 11.8 Å². The molecule has 0 amide bonds. The van der Waals surface area contributed by atoms with Gasteiger partial charge < -0.3 is 16.1 Å². The highest BCUT2D eigenvalue weighted by Crippen LogP contribution is 2.09. The van der Waals surface area contributed by atoms with Crippen molar-refractivity contribution in [2.75, 3.05) is 5.75 Å². The predicted octanol–water partition coefficient (Wildman–Crippen LogP) is 0.644. The van der Waals surface area contributed by atoms with Gasteiger partial charge in [0.2, 0.25) is 0 Å². The molecule has 0 fully saturated rings. The molecule has 0 aromatic heterocycles. The van der Waals surface area contributed by atoms with E-state index in [0.717, 1.165) is 0 Å². The first-order chi connectivity index (χ1) is 4.13. The number of carboxylic acid groups (broad SMARTS) is 1. The molecule has 0 radical (unpaired) electrons. The number of carboxylic acids is 1. The summed E-state index contributed by atoms with van der Waals surface area (Å²) in [7, 11) is 0. The summed E-state index contributed by atoms with van der Waals surface area (Å²) in [4.78, 5) is 9.86. The van der Waals surface area contributed by atoms with E-state index in [1.807, 2.05) is 13.8 Å². The number of thioether (sulfide) groups is 1. The normalized spacial score (nSPS) is 9.10. The Morgan fingerprint density at radius 3 is 2.40 bits per heavy atom. The Morgan fingerprint density at radius 2 is 2.10 bits per heavy atom. The van der Waals surface area contributed by atoms with Crippen LogP contribution in [0.5, 0.6) is 0 Å². The highest BCUT2D eigenvalue weighted by Gasteiger charge is 1.92. The number of hydrogen-bond acceptors (Lipinski definition) is 3. The summed E-state index contributed by atoms with van der Waals surface area (Å²) >= 11 is 1.64. The summed E-state index contributed by atoms with van der Waals surface area (Å²) in [5.41, 5.74) is 0. The minimum absolute atomic E-state index is 0. The molecule has 0 bridgehead atoms. The van der Waals surface area contributed by atoms with E-state index in [9.17, 15) is 9.90 Å². The van der Waals surface area contributed by atoms with Gasteiger partial charge >= 0.3 is 0 Å². The van der Waals surface area contributed by atoms with Crippen LogP contribution in [0.4, 0.5) is 0 Å². The van der Waals surface area contributed by atoms with E-state index in [1.165, 1.54) is 0 Å². The predicted molar refractivity (Wildman–Crippen MR) is 43.2 cm³/mol. The van der Waals surface area contributed by atoms with Crippen LogP contribution in [0.2, 0.25) is 0 Å². The van der Waals surface area contributed by atoms with Crippen molar-refractivity contribution in [3.63, 3.8) is 0 Å². The molecule has 0 atom stereocenters. The van der Waals surface area contributed by atoms with Crippen LogP contribution in [-0.4, -0.2) is 17.0 Å². The number of quaternary nitrogens is 1. The van der Waals surface area contributed by atoms with Gasteiger partial charge in [-0.1, -0.05) is 13.8 Å². The lowest BCUT2D eigenvalue weighted by molar-refractivity contribution is -0.305. The molecule has 0 aliphatic rings. The Labute approximate surface area is 65.8 Å². The largest absolute Gasteiger partial charge is 0.550 e. The molecule has 4 heteroatoms. The topological polar surface area (TPSA) is 76.6 Å². The maximum absolute atomic E-state index is 9.86. The second-order valence-electron chi connectivity index (χ2n) is 2.04. The minimum atomic E-state index is -0.955. The molecule has 0 aliphatic heterocycles. The lowest BCUT2D eigenvalue weighted by atomic mass is 10.5. The summed E-state index contributed by atoms with van der Waals surface area (Å²) in [6.45, 7) is 4.08. The van der Waals surface area contributed by atoms with Crippen LogP contribution in [0.25, 0.3) is 0 Å². The first kappa shape index (κ1) is 12.5. The van der Waals surface area contributed by atoms with Crippen molar-refractivity contribution in [2.24, 2.45) is 0 Å². The van der Waals surface area contributed by atoms with Crippen LogP contribution in [0, 0.1) is 0 Å². The van der Waals surface area contributed by atoms with Gasteiger partial charge in [0.15, 0.2) is 0 Å². The summed E-state index contributed by atoms with van der Waals surface area (Å²) in [6.07, 6.45) is 0.169. The van der Waals surface area contributed by atoms with Crippen molar-refractivity contribution < 1.29 is 9.90 Å². The first-order valence-electron chi connectivity index (χ1n) is 2.94. The van der Waals surface area contributed by atoms with E-state index in [0.29, 0.717) is 11.0 Å². The summed E-state index contributed by atoms with van der Waals surface area (Å²) in [6, 6.07) is 0. The molecular formula is C6H15NO2S. The zero-order valence-electron chi connectivity index (χ0n) is 6.72. The SMILES string of the molecule is CC(C)SCCC(=O)[O-].[NH4+]. The van der Waals surface area contributed by atoms with Crippen LogP contribution in [0.3, 0.4) is 0 Å². The summed E-state index contributed by atoms with van der Waals surface area (Å²) in [5.74, 6) is -0.289. The van der Waals surface area contributed by atoms with E-state index >= 15 is 0 Å². The van der Waals surface area contributed by atoms with Gasteiger partial charge in [-0.15, -0.1) is 0 Å². The Balaban J connectivity index is 0. The third-order valence-corrected chi connectivity index (χ3v) is 1.86. The fraction of sp³-hybridized carbons (Fsp3) is 0.833. The third kappa shape index (κ3) is 10.7. The van der Waals surface area contributed by atoms with Crippen molar-refractivity contribution >= 4 is 17.7 Å². The molecule has 0 heterocycles. The molecule has 3 nitrogen and oxygen atoms in total. The van der Waals surface area contributed by atoms with Crippen molar-refractivity contribution in [1.29, 1.82) is 0 Å². The molecule has 0 aliphatic carbocycles. The molecule has 0 unspecified atom stereocenters. The Bertz CT molecular complexity index is 95.7. The van der Waals surface area contributed by atoms with Crippen molar-refractivity contribution in [3.05, 3.63) is 0 Å². The maximum atomic E-state index is 9.86. The van der Waals surface area contributed by atoms with E-state index in [2.05, 4.69) is 0 Å². The van der Waals surface area contributed by atoms with Gasteiger partial charge in [-0.05, 0) is 17.4 Å². The molecule has 0 saturated heterocycles. The monoisotopic (exact) mass is 165 g/mol. The average Bonchev–Trinajstić information content (AvgIpc) is 1.63. The van der Waals surface area contributed by atoms with E-state index < -0.39 is 5.97 Å². The summed E-state index contributed by atoms with van der Waals surface area (Å²) < 4.78 is 0. The lowest BCUT2D eigenvalue weighted by Crippen LogP contribution is -2.22. The Hall–Kier alpha value is -0.220. The minimum Gasteiger partial charge on any atom is -0.550 e. The Morgan fingerprint density at radius 1 is 1.60 bits per heavy atom. The van der Waals surface area contributed by atoms with Crippen LogP contribution in [0.1, 0.15) is 20.3 Å². The zero-order chi connectivity index (χ0) is 7.28. The average molecular weight is 165 g/mol. The third-order valence-electron chi connectivity index (χ3n) is 0.757. The van der Waals surface area contributed by atoms with Gasteiger partial charge in [-0.2, -0.15) is 11.8 Å². The second kappa shape index (κ2) is 6.89. The standard InChI is InChI=1S/C6H12O2S.H3N/c1-5(2)9-4-3-6(7)8;/h5H,3-4H2,1-2H3,(H,7,8);1H3. The van der Waals surface area contributed by atoms with E-state index in [1.54, 1.807) is 11.8 Å². The molecule has 0 rings (SSSR count). The van der Waals surface area contributed by atoms with Gasteiger partial charge in [0.1, 0.15) is 0 Å². The number of carbonyl (C=O) groups excluding carboxylic acids is 1. The number of aliphatic carboxylic acids is 1. The van der Waals surface area contributed by atoms with Crippen molar-refractivity contribution in [3.8, 4) is 0 Å². The highest BCUT2D eigenvalue weighted by atomic mass is 32.2. The maximum Gasteiger partial charge on any atom is 0.0422 e. The van der Waals surface area contributed by atoms with Crippen LogP contribution in [0.15, 0.2) is 0 Å². The lowest BCUT2D eigenvalue weighted by Gasteiger charge is -2.03. The van der Waals surface area contributed by atoms with E-state index in [-0.39, 0.29) is 12.6 Å². The van der Waals surface area contributed by atoms with Crippen molar-refractivity contribution in [2.45, 2.75) is 25.5 Å². The molecule has 4 N–H and O–H groups in total. The van der Waals surface area contributed by atoms with Crippen molar-refractivity contribution in [1.82, 2.24) is 6.15 Å².